The summed E-state index contributed by atoms with van der Waals surface area (Å²) >= 11 is 3.53. The molecule has 2 aromatic carbocycles. The van der Waals surface area contributed by atoms with E-state index in [1.54, 1.807) is 77.1 Å². The molecule has 0 radical (unpaired) electrons. The maximum Gasteiger partial charge on any atom is 0.410 e. The molecule has 0 saturated carbocycles. The van der Waals surface area contributed by atoms with Crippen molar-refractivity contribution in [1.82, 2.24) is 20.0 Å². The highest BCUT2D eigenvalue weighted by Gasteiger charge is 2.43. The summed E-state index contributed by atoms with van der Waals surface area (Å²) in [7, 11) is 6.33. The van der Waals surface area contributed by atoms with Gasteiger partial charge in [0.25, 0.3) is 0 Å². The number of hydrogen-bond donors (Lipinski definition) is 5. The molecule has 1 aliphatic heterocycles. The lowest BCUT2D eigenvalue weighted by Crippen LogP contribution is -2.54. The number of likely N-dealkylation sites (tertiary alicyclic amines) is 1. The number of aliphatic hydroxyl groups is 2. The third-order valence-electron chi connectivity index (χ3n) is 13.6. The van der Waals surface area contributed by atoms with Crippen molar-refractivity contribution < 1.29 is 48.4 Å². The lowest BCUT2D eigenvalue weighted by molar-refractivity contribution is -0.147. The highest BCUT2D eigenvalue weighted by atomic mass is 32.1. The van der Waals surface area contributed by atoms with Crippen molar-refractivity contribution in [2.75, 3.05) is 47.7 Å². The minimum absolute atomic E-state index is 0.00849. The summed E-state index contributed by atoms with van der Waals surface area (Å²) in [5.41, 5.74) is 9.48. The largest absolute Gasteiger partial charge is 0.448 e. The zero-order chi connectivity index (χ0) is 57.9. The number of likely N-dealkylation sites (N-methyl/N-ethyl adjacent to an activating group) is 2. The van der Waals surface area contributed by atoms with Crippen LogP contribution in [0.5, 0.6) is 0 Å². The third kappa shape index (κ3) is 20.0. The Labute approximate surface area is 456 Å². The summed E-state index contributed by atoms with van der Waals surface area (Å²) in [5.74, 6) is -1.83. The molecule has 9 atom stereocenters. The molecule has 1 fully saturated rings. The summed E-state index contributed by atoms with van der Waals surface area (Å²) in [6, 6.07) is 14.3. The minimum Gasteiger partial charge on any atom is -0.448 e. The van der Waals surface area contributed by atoms with Gasteiger partial charge in [-0.15, -0.1) is 13.2 Å². The number of carbonyl (C=O) groups is 5. The number of methoxy groups -OCH3 is 2. The van der Waals surface area contributed by atoms with Crippen LogP contribution in [0.3, 0.4) is 0 Å². The Bertz CT molecular complexity index is 2080. The normalized spacial score (nSPS) is 16.9. The van der Waals surface area contributed by atoms with Gasteiger partial charge in [-0.3, -0.25) is 24.1 Å². The van der Waals surface area contributed by atoms with E-state index in [9.17, 15) is 34.2 Å². The van der Waals surface area contributed by atoms with Crippen LogP contribution in [0.1, 0.15) is 118 Å². The molecule has 5 N–H and O–H groups in total. The second-order valence-corrected chi connectivity index (χ2v) is 19.5. The first-order valence-electron chi connectivity index (χ1n) is 26.1. The fraction of sp³-hybridized carbons (Fsp3) is 0.576. The van der Waals surface area contributed by atoms with Gasteiger partial charge in [0.15, 0.2) is 0 Å². The van der Waals surface area contributed by atoms with E-state index in [0.717, 1.165) is 24.0 Å². The van der Waals surface area contributed by atoms with Crippen LogP contribution in [-0.2, 0) is 33.4 Å². The number of carbonyl (C=O) groups excluding carboxylic acids is 5. The van der Waals surface area contributed by atoms with Gasteiger partial charge in [-0.25, -0.2) is 4.79 Å². The van der Waals surface area contributed by atoms with Crippen LogP contribution >= 0.6 is 12.6 Å². The number of primary amides is 1. The molecule has 15 nitrogen and oxygen atoms in total. The Morgan fingerprint density at radius 2 is 1.45 bits per heavy atom. The number of nitrogens with zero attached hydrogens (tertiary/aromatic N) is 3. The van der Waals surface area contributed by atoms with Crippen LogP contribution in [0, 0.1) is 17.8 Å². The standard InChI is InChI=1S/C33H57N3O7.C21H24N2O3.C2H6.C2H4.CH4S/c1-12-16-24(14-3)30(39)23(6)34-32(40)22(5)31(43-11)25-17-15-18-36(25)27(37)19-26(42-10)29(21(4)13-2)35(9)28(38)20-33(7,8)41;1-13(2)19(20(22)24)23(3)21(25)26-12-18-16-10-6-4-8-14(16)15-9-5-7-11-17(15)18;3*1-2/h12,14,16,21-23,25-26,29-31,39,41H,1,3,13,15,17-20H2,2,4-11H3,(H,34,40);4-11,13,18-19H,12H2,1-3H3,(H2,22,24);1-2H3;1-2H2;2H,1H3/b24-16+;;;;. The number of allylic oxidation sites excluding steroid dienone is 2. The Balaban J connectivity index is 0.00000145. The average Bonchev–Trinajstić information content (AvgIpc) is 4.01. The van der Waals surface area contributed by atoms with E-state index in [1.807, 2.05) is 65.8 Å². The maximum atomic E-state index is 13.8. The number of fused-ring (bicyclic) bond motifs is 3. The Hall–Kier alpha value is -5.26. The summed E-state index contributed by atoms with van der Waals surface area (Å²) in [4.78, 5) is 68.9. The van der Waals surface area contributed by atoms with Gasteiger partial charge in [0.1, 0.15) is 12.6 Å². The average molecular weight is 1070 g/mol. The first-order valence-corrected chi connectivity index (χ1v) is 27.0. The van der Waals surface area contributed by atoms with Gasteiger partial charge in [-0.2, -0.15) is 12.6 Å². The smallest absolute Gasteiger partial charge is 0.410 e. The molecule has 0 aromatic heterocycles. The summed E-state index contributed by atoms with van der Waals surface area (Å²) in [6.07, 6.45) is 6.02. The number of thiol groups is 1. The minimum atomic E-state index is -1.16. The maximum absolute atomic E-state index is 13.8. The van der Waals surface area contributed by atoms with E-state index in [1.165, 1.54) is 29.2 Å². The van der Waals surface area contributed by atoms with Crippen LogP contribution in [0.25, 0.3) is 11.1 Å². The van der Waals surface area contributed by atoms with Gasteiger partial charge >= 0.3 is 6.09 Å². The van der Waals surface area contributed by atoms with E-state index < -0.39 is 53.9 Å². The van der Waals surface area contributed by atoms with Crippen molar-refractivity contribution in [3.05, 3.63) is 110 Å². The molecule has 2 aliphatic rings. The van der Waals surface area contributed by atoms with Crippen LogP contribution < -0.4 is 11.1 Å². The highest BCUT2D eigenvalue weighted by molar-refractivity contribution is 7.79. The number of nitrogens with one attached hydrogen (secondary N) is 1. The van der Waals surface area contributed by atoms with E-state index in [-0.39, 0.29) is 67.0 Å². The molecule has 5 amide bonds. The number of nitrogens with two attached hydrogens (primary N) is 1. The zero-order valence-electron chi connectivity index (χ0n) is 48.0. The SMILES string of the molecule is C=C.C=C/C=C(\C=C)C(O)C(C)NC(=O)C(C)C(OC)C1CCCN1C(=O)CC(OC)C(C(C)CC)N(C)C(=O)CC(C)(C)O.CC.CC(C)C(C(N)=O)N(C)C(=O)OCC1c2ccccc2-c2ccccc21.CS. The molecular weight excluding hydrogens is 971 g/mol. The lowest BCUT2D eigenvalue weighted by atomic mass is 9.89. The van der Waals surface area contributed by atoms with Crippen LogP contribution in [-0.4, -0.2) is 150 Å². The van der Waals surface area contributed by atoms with Gasteiger partial charge < -0.3 is 45.3 Å². The molecule has 4 rings (SSSR count). The molecule has 0 spiro atoms. The molecule has 1 aliphatic carbocycles. The predicted molar refractivity (Wildman–Crippen MR) is 307 cm³/mol. The van der Waals surface area contributed by atoms with E-state index in [4.69, 9.17) is 19.9 Å². The quantitative estimate of drug-likeness (QED) is 0.0406. The predicted octanol–water partition coefficient (Wildman–Crippen LogP) is 8.98. The Morgan fingerprint density at radius 3 is 1.89 bits per heavy atom. The second kappa shape index (κ2) is 35.1. The fourth-order valence-corrected chi connectivity index (χ4v) is 9.74. The number of rotatable bonds is 23. The van der Waals surface area contributed by atoms with Crippen molar-refractivity contribution >= 4 is 42.4 Å². The number of aliphatic hydroxyl groups excluding tert-OH is 1. The number of amides is 5. The third-order valence-corrected chi connectivity index (χ3v) is 13.6. The van der Waals surface area contributed by atoms with Crippen molar-refractivity contribution in [3.63, 3.8) is 0 Å². The highest BCUT2D eigenvalue weighted by Crippen LogP contribution is 2.44. The molecule has 0 bridgehead atoms. The zero-order valence-corrected chi connectivity index (χ0v) is 48.9. The van der Waals surface area contributed by atoms with Crippen LogP contribution in [0.2, 0.25) is 0 Å². The van der Waals surface area contributed by atoms with Crippen molar-refractivity contribution in [1.29, 1.82) is 0 Å². The van der Waals surface area contributed by atoms with E-state index >= 15 is 0 Å². The van der Waals surface area contributed by atoms with E-state index in [2.05, 4.69) is 68.5 Å². The first-order chi connectivity index (χ1) is 35.5. The van der Waals surface area contributed by atoms with Gasteiger partial charge in [0, 0.05) is 40.8 Å². The first kappa shape index (κ1) is 69.7. The molecule has 2 aromatic rings. The topological polar surface area (TPSA) is 201 Å². The molecular formula is C59H95N5O10S. The van der Waals surface area contributed by atoms with Gasteiger partial charge in [-0.1, -0.05) is 135 Å². The van der Waals surface area contributed by atoms with Gasteiger partial charge in [-0.05, 0) is 79.5 Å². The Kier molecular flexibility index (Phi) is 32.7. The summed E-state index contributed by atoms with van der Waals surface area (Å²) in [6.45, 7) is 32.5. The number of benzene rings is 2. The van der Waals surface area contributed by atoms with Crippen LogP contribution in [0.15, 0.2) is 98.6 Å². The van der Waals surface area contributed by atoms with Crippen molar-refractivity contribution in [2.45, 2.75) is 155 Å². The molecule has 9 unspecified atom stereocenters. The molecule has 16 heteroatoms. The molecule has 1 heterocycles. The number of ether oxygens (including phenoxy) is 3. The van der Waals surface area contributed by atoms with Gasteiger partial charge in [0.2, 0.25) is 23.6 Å². The van der Waals surface area contributed by atoms with Crippen LogP contribution in [0.4, 0.5) is 4.79 Å². The second-order valence-electron chi connectivity index (χ2n) is 19.5. The monoisotopic (exact) mass is 1070 g/mol. The molecule has 422 valence electrons. The van der Waals surface area contributed by atoms with Gasteiger partial charge in [0.05, 0.1) is 60.8 Å². The van der Waals surface area contributed by atoms with Crippen molar-refractivity contribution in [3.8, 4) is 11.1 Å². The van der Waals surface area contributed by atoms with E-state index in [0.29, 0.717) is 18.5 Å². The van der Waals surface area contributed by atoms with Crippen molar-refractivity contribution in [2.24, 2.45) is 23.5 Å². The molecule has 75 heavy (non-hydrogen) atoms. The summed E-state index contributed by atoms with van der Waals surface area (Å²) in [5, 5.41) is 23.8. The Morgan fingerprint density at radius 1 is 0.920 bits per heavy atom. The number of hydrogen-bond acceptors (Lipinski definition) is 11. The summed E-state index contributed by atoms with van der Waals surface area (Å²) < 4.78 is 17.2. The molecule has 1 saturated heterocycles. The fourth-order valence-electron chi connectivity index (χ4n) is 9.74. The lowest BCUT2D eigenvalue weighted by Gasteiger charge is -2.40.